The minimum Gasteiger partial charge on any atom is -0.381 e. The number of nitrogens with one attached hydrogen (secondary N) is 1. The molecular weight excluding hydrogens is 298 g/mol. The van der Waals surface area contributed by atoms with Crippen molar-refractivity contribution in [1.29, 1.82) is 0 Å². The maximum atomic E-state index is 10.6. The van der Waals surface area contributed by atoms with Gasteiger partial charge in [-0.25, -0.2) is 0 Å². The molecule has 1 saturated heterocycles. The van der Waals surface area contributed by atoms with Crippen molar-refractivity contribution in [3.05, 3.63) is 34.8 Å². The molecule has 7 heteroatoms. The van der Waals surface area contributed by atoms with E-state index in [2.05, 4.69) is 41.2 Å². The van der Waals surface area contributed by atoms with Gasteiger partial charge in [0.2, 0.25) is 0 Å². The highest BCUT2D eigenvalue weighted by Crippen LogP contribution is 2.33. The van der Waals surface area contributed by atoms with Gasteiger partial charge in [0.1, 0.15) is 11.3 Å². The van der Waals surface area contributed by atoms with Crippen molar-refractivity contribution < 1.29 is 5.11 Å². The Hall–Kier alpha value is -1.47. The van der Waals surface area contributed by atoms with Crippen molar-refractivity contribution in [2.75, 3.05) is 18.0 Å². The maximum Gasteiger partial charge on any atom is 0.129 e. The third kappa shape index (κ3) is 1.99. The first-order chi connectivity index (χ1) is 8.67. The third-order valence-electron chi connectivity index (χ3n) is 3.20. The van der Waals surface area contributed by atoms with E-state index in [-0.39, 0.29) is 0 Å². The predicted octanol–water partition coefficient (Wildman–Crippen LogP) is 1.06. The summed E-state index contributed by atoms with van der Waals surface area (Å²) in [6.45, 7) is 1.26. The van der Waals surface area contributed by atoms with Gasteiger partial charge in [0.15, 0.2) is 0 Å². The average Bonchev–Trinajstić information content (AvgIpc) is 2.98. The number of anilines is 1. The minimum atomic E-state index is -0.935. The summed E-state index contributed by atoms with van der Waals surface area (Å²) in [5.41, 5.74) is 0.645. The van der Waals surface area contributed by atoms with Gasteiger partial charge in [0, 0.05) is 23.6 Å². The van der Waals surface area contributed by atoms with Crippen LogP contribution in [0.5, 0.6) is 0 Å². The van der Waals surface area contributed by atoms with E-state index < -0.39 is 5.60 Å². The highest BCUT2D eigenvalue weighted by molar-refractivity contribution is 9.10. The van der Waals surface area contributed by atoms with Crippen LogP contribution in [-0.4, -0.2) is 38.6 Å². The van der Waals surface area contributed by atoms with Gasteiger partial charge in [-0.15, -0.1) is 0 Å². The molecule has 0 bridgehead atoms. The Morgan fingerprint density at radius 1 is 1.39 bits per heavy atom. The highest BCUT2D eigenvalue weighted by Gasteiger charge is 2.40. The van der Waals surface area contributed by atoms with Crippen LogP contribution in [0.15, 0.2) is 29.1 Å². The molecular formula is C11H12BrN5O. The number of hydrogen-bond acceptors (Lipinski definition) is 5. The van der Waals surface area contributed by atoms with Crippen molar-refractivity contribution in [3.8, 4) is 0 Å². The number of H-pyrrole nitrogens is 1. The number of aliphatic hydroxyl groups is 1. The summed E-state index contributed by atoms with van der Waals surface area (Å²) < 4.78 is 0.928. The molecule has 0 saturated carbocycles. The van der Waals surface area contributed by atoms with Crippen LogP contribution in [0.25, 0.3) is 0 Å². The van der Waals surface area contributed by atoms with Crippen molar-refractivity contribution >= 4 is 21.6 Å². The number of hydrogen-bond donors (Lipinski definition) is 2. The molecule has 0 radical (unpaired) electrons. The van der Waals surface area contributed by atoms with E-state index in [4.69, 9.17) is 0 Å². The monoisotopic (exact) mass is 309 g/mol. The van der Waals surface area contributed by atoms with Gasteiger partial charge in [0.25, 0.3) is 0 Å². The third-order valence-corrected chi connectivity index (χ3v) is 3.63. The van der Waals surface area contributed by atoms with Gasteiger partial charge in [-0.2, -0.15) is 15.4 Å². The predicted molar refractivity (Wildman–Crippen MR) is 69.0 cm³/mol. The van der Waals surface area contributed by atoms with Gasteiger partial charge in [0.05, 0.1) is 24.6 Å². The number of halogens is 1. The zero-order valence-corrected chi connectivity index (χ0v) is 11.1. The van der Waals surface area contributed by atoms with E-state index >= 15 is 0 Å². The van der Waals surface area contributed by atoms with Gasteiger partial charge in [-0.3, -0.25) is 4.98 Å². The van der Waals surface area contributed by atoms with E-state index in [0.717, 1.165) is 16.7 Å². The number of aromatic nitrogens is 4. The molecule has 94 valence electrons. The lowest BCUT2D eigenvalue weighted by atomic mass is 10.00. The molecule has 1 aliphatic heterocycles. The first kappa shape index (κ1) is 11.6. The minimum absolute atomic E-state index is 0.498. The Balaban J connectivity index is 1.83. The maximum absolute atomic E-state index is 10.6. The second-order valence-corrected chi connectivity index (χ2v) is 5.34. The van der Waals surface area contributed by atoms with E-state index in [1.165, 1.54) is 0 Å². The van der Waals surface area contributed by atoms with Crippen LogP contribution in [-0.2, 0) is 5.60 Å². The van der Waals surface area contributed by atoms with Gasteiger partial charge < -0.3 is 10.0 Å². The molecule has 2 aromatic heterocycles. The van der Waals surface area contributed by atoms with Gasteiger partial charge in [-0.05, 0) is 22.0 Å². The van der Waals surface area contributed by atoms with E-state index in [1.54, 1.807) is 18.6 Å². The number of aromatic amines is 1. The fraction of sp³-hybridized carbons (Fsp3) is 0.364. The molecule has 1 atom stereocenters. The quantitative estimate of drug-likeness (QED) is 0.867. The largest absolute Gasteiger partial charge is 0.381 e. The summed E-state index contributed by atoms with van der Waals surface area (Å²) in [7, 11) is 0. The normalized spacial score (nSPS) is 23.6. The summed E-state index contributed by atoms with van der Waals surface area (Å²) in [5, 5.41) is 20.8. The van der Waals surface area contributed by atoms with Crippen LogP contribution in [0.1, 0.15) is 12.1 Å². The molecule has 0 aromatic carbocycles. The fourth-order valence-electron chi connectivity index (χ4n) is 2.22. The lowest BCUT2D eigenvalue weighted by molar-refractivity contribution is 0.0560. The van der Waals surface area contributed by atoms with Gasteiger partial charge >= 0.3 is 0 Å². The molecule has 18 heavy (non-hydrogen) atoms. The highest BCUT2D eigenvalue weighted by atomic mass is 79.9. The SMILES string of the molecule is OC1(c2cn[nH]n2)CCN(c2cncc(Br)c2)C1. The second kappa shape index (κ2) is 4.33. The van der Waals surface area contributed by atoms with Crippen LogP contribution in [0, 0.1) is 0 Å². The van der Waals surface area contributed by atoms with Crippen molar-refractivity contribution in [1.82, 2.24) is 20.4 Å². The van der Waals surface area contributed by atoms with Crippen LogP contribution in [0.4, 0.5) is 5.69 Å². The summed E-state index contributed by atoms with van der Waals surface area (Å²) in [6.07, 6.45) is 5.73. The topological polar surface area (TPSA) is 77.9 Å². The number of β-amino-alcohol motifs (C(OH)–C–C–N with tert-alkyl or cyclic N) is 1. The van der Waals surface area contributed by atoms with Crippen LogP contribution < -0.4 is 4.90 Å². The summed E-state index contributed by atoms with van der Waals surface area (Å²) >= 11 is 3.40. The second-order valence-electron chi connectivity index (χ2n) is 4.42. The first-order valence-electron chi connectivity index (χ1n) is 5.61. The number of nitrogens with zero attached hydrogens (tertiary/aromatic N) is 4. The molecule has 3 heterocycles. The standard InChI is InChI=1S/C11H12BrN5O/c12-8-3-9(5-13-4-8)17-2-1-11(18,7-17)10-6-14-16-15-10/h3-6,18H,1-2,7H2,(H,14,15,16). The fourth-order valence-corrected chi connectivity index (χ4v) is 2.58. The molecule has 0 spiro atoms. The van der Waals surface area contributed by atoms with Crippen LogP contribution >= 0.6 is 15.9 Å². The van der Waals surface area contributed by atoms with E-state index in [1.807, 2.05) is 6.07 Å². The van der Waals surface area contributed by atoms with E-state index in [9.17, 15) is 5.11 Å². The van der Waals surface area contributed by atoms with Gasteiger partial charge in [-0.1, -0.05) is 0 Å². The molecule has 1 aliphatic rings. The van der Waals surface area contributed by atoms with Crippen LogP contribution in [0.2, 0.25) is 0 Å². The molecule has 1 fully saturated rings. The van der Waals surface area contributed by atoms with Crippen molar-refractivity contribution in [3.63, 3.8) is 0 Å². The summed E-state index contributed by atoms with van der Waals surface area (Å²) in [5.74, 6) is 0. The molecule has 3 rings (SSSR count). The lowest BCUT2D eigenvalue weighted by Gasteiger charge is -2.22. The summed E-state index contributed by atoms with van der Waals surface area (Å²) in [4.78, 5) is 6.22. The Morgan fingerprint density at radius 2 is 2.28 bits per heavy atom. The molecule has 6 nitrogen and oxygen atoms in total. The molecule has 0 aliphatic carbocycles. The van der Waals surface area contributed by atoms with Crippen LogP contribution in [0.3, 0.4) is 0 Å². The lowest BCUT2D eigenvalue weighted by Crippen LogP contribution is -2.31. The Kier molecular flexibility index (Phi) is 2.79. The molecule has 2 N–H and O–H groups in total. The van der Waals surface area contributed by atoms with E-state index in [0.29, 0.717) is 18.7 Å². The Labute approximate surface area is 112 Å². The smallest absolute Gasteiger partial charge is 0.129 e. The van der Waals surface area contributed by atoms with Crippen molar-refractivity contribution in [2.24, 2.45) is 0 Å². The molecule has 1 unspecified atom stereocenters. The Bertz CT molecular complexity index is 546. The first-order valence-corrected chi connectivity index (χ1v) is 6.41. The molecule has 2 aromatic rings. The number of pyridine rings is 1. The number of rotatable bonds is 2. The van der Waals surface area contributed by atoms with Crippen molar-refractivity contribution in [2.45, 2.75) is 12.0 Å². The Morgan fingerprint density at radius 3 is 3.00 bits per heavy atom. The zero-order valence-electron chi connectivity index (χ0n) is 9.54. The zero-order chi connectivity index (χ0) is 12.6. The summed E-state index contributed by atoms with van der Waals surface area (Å²) in [6, 6.07) is 1.99. The average molecular weight is 310 g/mol. The molecule has 0 amide bonds.